The highest BCUT2D eigenvalue weighted by Crippen LogP contribution is 2.19. The smallest absolute Gasteiger partial charge is 0.300 e. The first kappa shape index (κ1) is 9.56. The predicted molar refractivity (Wildman–Crippen MR) is 51.4 cm³/mol. The van der Waals surface area contributed by atoms with Crippen molar-refractivity contribution in [3.05, 3.63) is 23.0 Å². The maximum atomic E-state index is 10.8. The zero-order valence-electron chi connectivity index (χ0n) is 6.97. The van der Waals surface area contributed by atoms with Crippen molar-refractivity contribution in [2.75, 3.05) is 5.32 Å². The molecule has 4 heteroatoms. The summed E-state index contributed by atoms with van der Waals surface area (Å²) in [5, 5.41) is 2.66. The SMILES string of the molecule is C#CC(=O)Nc1cc(C)cnc1Cl. The Labute approximate surface area is 81.1 Å². The van der Waals surface area contributed by atoms with Crippen LogP contribution in [0.2, 0.25) is 5.15 Å². The van der Waals surface area contributed by atoms with Crippen LogP contribution in [0.1, 0.15) is 5.56 Å². The highest BCUT2D eigenvalue weighted by atomic mass is 35.5. The summed E-state index contributed by atoms with van der Waals surface area (Å²) in [6.45, 7) is 1.84. The Hall–Kier alpha value is -1.53. The van der Waals surface area contributed by atoms with E-state index in [1.807, 2.05) is 12.8 Å². The maximum Gasteiger partial charge on any atom is 0.300 e. The number of halogens is 1. The van der Waals surface area contributed by atoms with Gasteiger partial charge >= 0.3 is 0 Å². The van der Waals surface area contributed by atoms with Crippen LogP contribution < -0.4 is 5.32 Å². The molecule has 0 aliphatic heterocycles. The topological polar surface area (TPSA) is 42.0 Å². The highest BCUT2D eigenvalue weighted by molar-refractivity contribution is 6.32. The van der Waals surface area contributed by atoms with E-state index in [4.69, 9.17) is 18.0 Å². The fourth-order valence-corrected chi connectivity index (χ4v) is 0.949. The molecule has 3 nitrogen and oxygen atoms in total. The first-order valence-corrected chi connectivity index (χ1v) is 3.91. The van der Waals surface area contributed by atoms with E-state index in [2.05, 4.69) is 10.3 Å². The van der Waals surface area contributed by atoms with Crippen molar-refractivity contribution in [1.29, 1.82) is 0 Å². The van der Waals surface area contributed by atoms with Crippen LogP contribution in [0.4, 0.5) is 5.69 Å². The number of amides is 1. The number of aromatic nitrogens is 1. The van der Waals surface area contributed by atoms with E-state index in [1.165, 1.54) is 0 Å². The van der Waals surface area contributed by atoms with E-state index >= 15 is 0 Å². The Balaban J connectivity index is 2.95. The summed E-state index contributed by atoms with van der Waals surface area (Å²) >= 11 is 5.70. The number of aryl methyl sites for hydroxylation is 1. The Morgan fingerprint density at radius 3 is 3.08 bits per heavy atom. The van der Waals surface area contributed by atoms with Gasteiger partial charge in [0, 0.05) is 6.20 Å². The van der Waals surface area contributed by atoms with Gasteiger partial charge in [0.15, 0.2) is 5.15 Å². The second kappa shape index (κ2) is 3.92. The molecule has 0 aromatic carbocycles. The van der Waals surface area contributed by atoms with Crippen LogP contribution in [0.3, 0.4) is 0 Å². The summed E-state index contributed by atoms with van der Waals surface area (Å²) in [6, 6.07) is 1.70. The molecule has 0 aliphatic rings. The number of nitrogens with one attached hydrogen (secondary N) is 1. The van der Waals surface area contributed by atoms with Gasteiger partial charge in [0.25, 0.3) is 5.91 Å². The number of hydrogen-bond donors (Lipinski definition) is 1. The van der Waals surface area contributed by atoms with Gasteiger partial charge in [0.05, 0.1) is 5.69 Å². The fraction of sp³-hybridized carbons (Fsp3) is 0.111. The van der Waals surface area contributed by atoms with Crippen molar-refractivity contribution in [1.82, 2.24) is 4.98 Å². The molecule has 0 radical (unpaired) electrons. The molecule has 0 saturated carbocycles. The number of carbonyl (C=O) groups excluding carboxylic acids is 1. The fourth-order valence-electron chi connectivity index (χ4n) is 0.799. The Morgan fingerprint density at radius 2 is 2.46 bits per heavy atom. The number of terminal acetylenes is 1. The first-order chi connectivity index (χ1) is 6.13. The van der Waals surface area contributed by atoms with Gasteiger partial charge < -0.3 is 5.32 Å². The normalized spacial score (nSPS) is 9.00. The third-order valence-electron chi connectivity index (χ3n) is 1.36. The molecular formula is C9H7ClN2O. The first-order valence-electron chi connectivity index (χ1n) is 3.53. The van der Waals surface area contributed by atoms with E-state index in [-0.39, 0.29) is 5.15 Å². The molecule has 1 heterocycles. The minimum Gasteiger partial charge on any atom is -0.312 e. The third kappa shape index (κ3) is 2.46. The molecular weight excluding hydrogens is 188 g/mol. The van der Waals surface area contributed by atoms with E-state index in [1.54, 1.807) is 12.3 Å². The average molecular weight is 195 g/mol. The lowest BCUT2D eigenvalue weighted by molar-refractivity contribution is -0.111. The molecule has 1 N–H and O–H groups in total. The van der Waals surface area contributed by atoms with Gasteiger partial charge in [0.2, 0.25) is 0 Å². The summed E-state index contributed by atoms with van der Waals surface area (Å²) < 4.78 is 0. The molecule has 0 aliphatic carbocycles. The Bertz CT molecular complexity index is 382. The lowest BCUT2D eigenvalue weighted by Gasteiger charge is -2.03. The van der Waals surface area contributed by atoms with Crippen molar-refractivity contribution in [2.24, 2.45) is 0 Å². The summed E-state index contributed by atoms with van der Waals surface area (Å²) in [5.41, 5.74) is 1.33. The minimum atomic E-state index is -0.533. The summed E-state index contributed by atoms with van der Waals surface area (Å²) in [7, 11) is 0. The van der Waals surface area contributed by atoms with Crippen LogP contribution in [0.15, 0.2) is 12.3 Å². The van der Waals surface area contributed by atoms with Crippen LogP contribution in [-0.4, -0.2) is 10.9 Å². The second-order valence-corrected chi connectivity index (χ2v) is 2.81. The molecule has 1 amide bonds. The molecule has 1 aromatic heterocycles. The van der Waals surface area contributed by atoms with Crippen LogP contribution in [-0.2, 0) is 4.79 Å². The summed E-state index contributed by atoms with van der Waals surface area (Å²) in [4.78, 5) is 14.7. The number of rotatable bonds is 1. The van der Waals surface area contributed by atoms with Crippen molar-refractivity contribution in [3.8, 4) is 12.3 Å². The van der Waals surface area contributed by atoms with E-state index in [9.17, 15) is 4.79 Å². The van der Waals surface area contributed by atoms with Crippen molar-refractivity contribution in [3.63, 3.8) is 0 Å². The number of pyridine rings is 1. The Morgan fingerprint density at radius 1 is 1.77 bits per heavy atom. The van der Waals surface area contributed by atoms with Gasteiger partial charge in [-0.3, -0.25) is 4.79 Å². The van der Waals surface area contributed by atoms with Crippen LogP contribution in [0.25, 0.3) is 0 Å². The zero-order chi connectivity index (χ0) is 9.84. The predicted octanol–water partition coefficient (Wildman–Crippen LogP) is 1.62. The average Bonchev–Trinajstić information content (AvgIpc) is 2.11. The summed E-state index contributed by atoms with van der Waals surface area (Å²) in [5.74, 6) is 1.39. The van der Waals surface area contributed by atoms with E-state index in [0.29, 0.717) is 5.69 Å². The standard InChI is InChI=1S/C9H7ClN2O/c1-3-8(13)12-7-4-6(2)5-11-9(7)10/h1,4-5H,2H3,(H,12,13). The largest absolute Gasteiger partial charge is 0.312 e. The van der Waals surface area contributed by atoms with E-state index < -0.39 is 5.91 Å². The zero-order valence-corrected chi connectivity index (χ0v) is 7.72. The number of hydrogen-bond acceptors (Lipinski definition) is 2. The molecule has 1 aromatic rings. The molecule has 0 atom stereocenters. The molecule has 0 fully saturated rings. The van der Waals surface area contributed by atoms with Crippen molar-refractivity contribution < 1.29 is 4.79 Å². The van der Waals surface area contributed by atoms with Gasteiger partial charge in [-0.1, -0.05) is 11.6 Å². The highest BCUT2D eigenvalue weighted by Gasteiger charge is 2.03. The Kier molecular flexibility index (Phi) is 2.88. The summed E-state index contributed by atoms with van der Waals surface area (Å²) in [6.07, 6.45) is 6.49. The van der Waals surface area contributed by atoms with Crippen molar-refractivity contribution >= 4 is 23.2 Å². The molecule has 0 saturated heterocycles. The monoisotopic (exact) mass is 194 g/mol. The molecule has 1 rings (SSSR count). The van der Waals surface area contributed by atoms with Crippen LogP contribution in [0, 0.1) is 19.3 Å². The van der Waals surface area contributed by atoms with Crippen LogP contribution in [0.5, 0.6) is 0 Å². The quantitative estimate of drug-likeness (QED) is 0.545. The maximum absolute atomic E-state index is 10.8. The van der Waals surface area contributed by atoms with Gasteiger partial charge in [-0.15, -0.1) is 6.42 Å². The van der Waals surface area contributed by atoms with Crippen molar-refractivity contribution in [2.45, 2.75) is 6.92 Å². The van der Waals surface area contributed by atoms with Gasteiger partial charge in [-0.05, 0) is 24.5 Å². The van der Waals surface area contributed by atoms with E-state index in [0.717, 1.165) is 5.56 Å². The number of nitrogens with zero attached hydrogens (tertiary/aromatic N) is 1. The molecule has 0 spiro atoms. The number of carbonyl (C=O) groups is 1. The minimum absolute atomic E-state index is 0.231. The molecule has 0 bridgehead atoms. The lowest BCUT2D eigenvalue weighted by atomic mass is 10.3. The second-order valence-electron chi connectivity index (χ2n) is 2.45. The molecule has 66 valence electrons. The van der Waals surface area contributed by atoms with Crippen LogP contribution >= 0.6 is 11.6 Å². The van der Waals surface area contributed by atoms with Gasteiger partial charge in [-0.2, -0.15) is 0 Å². The number of anilines is 1. The molecule has 0 unspecified atom stereocenters. The third-order valence-corrected chi connectivity index (χ3v) is 1.66. The lowest BCUT2D eigenvalue weighted by Crippen LogP contribution is -2.09. The van der Waals surface area contributed by atoms with Gasteiger partial charge in [0.1, 0.15) is 0 Å². The van der Waals surface area contributed by atoms with Gasteiger partial charge in [-0.25, -0.2) is 4.98 Å². The molecule has 13 heavy (non-hydrogen) atoms.